The molecule has 4 atom stereocenters. The minimum absolute atomic E-state index is 0.00312. The van der Waals surface area contributed by atoms with Gasteiger partial charge in [-0.1, -0.05) is 13.8 Å². The second-order valence-electron chi connectivity index (χ2n) is 4.58. The van der Waals surface area contributed by atoms with Gasteiger partial charge in [0.2, 0.25) is 5.91 Å². The zero-order valence-electron chi connectivity index (χ0n) is 10.7. The molecule has 94 valence electrons. The van der Waals surface area contributed by atoms with Crippen LogP contribution >= 0.6 is 0 Å². The van der Waals surface area contributed by atoms with Crippen LogP contribution in [0.4, 0.5) is 0 Å². The quantitative estimate of drug-likeness (QED) is 0.683. The third kappa shape index (κ3) is 3.19. The molecule has 4 unspecified atom stereocenters. The van der Waals surface area contributed by atoms with Crippen molar-refractivity contribution in [2.24, 2.45) is 11.8 Å². The molecule has 2 N–H and O–H groups in total. The van der Waals surface area contributed by atoms with Crippen LogP contribution in [0, 0.1) is 11.8 Å². The predicted octanol–water partition coefficient (Wildman–Crippen LogP) is 0.772. The Hall–Kier alpha value is -0.610. The van der Waals surface area contributed by atoms with Crippen molar-refractivity contribution >= 4 is 5.91 Å². The zero-order valence-corrected chi connectivity index (χ0v) is 10.7. The van der Waals surface area contributed by atoms with Gasteiger partial charge in [-0.3, -0.25) is 4.79 Å². The van der Waals surface area contributed by atoms with Crippen LogP contribution in [0.25, 0.3) is 0 Å². The summed E-state index contributed by atoms with van der Waals surface area (Å²) < 4.78 is 5.66. The first kappa shape index (κ1) is 13.5. The number of hydrogen-bond acceptors (Lipinski definition) is 3. The molecule has 0 aliphatic carbocycles. The van der Waals surface area contributed by atoms with Crippen LogP contribution in [0.5, 0.6) is 0 Å². The number of hydrogen-bond donors (Lipinski definition) is 2. The molecule has 4 heteroatoms. The maximum atomic E-state index is 12.0. The van der Waals surface area contributed by atoms with Crippen LogP contribution in [-0.2, 0) is 9.53 Å². The second-order valence-corrected chi connectivity index (χ2v) is 4.58. The molecule has 1 rings (SSSR count). The highest BCUT2D eigenvalue weighted by atomic mass is 16.5. The van der Waals surface area contributed by atoms with Crippen molar-refractivity contribution < 1.29 is 9.53 Å². The summed E-state index contributed by atoms with van der Waals surface area (Å²) in [7, 11) is 0. The molecule has 1 saturated heterocycles. The first-order chi connectivity index (χ1) is 7.57. The fourth-order valence-electron chi connectivity index (χ4n) is 2.29. The van der Waals surface area contributed by atoms with Gasteiger partial charge in [0.25, 0.3) is 0 Å². The van der Waals surface area contributed by atoms with Gasteiger partial charge in [0.1, 0.15) is 0 Å². The molecule has 1 amide bonds. The lowest BCUT2D eigenvalue weighted by Crippen LogP contribution is -2.40. The van der Waals surface area contributed by atoms with Crippen LogP contribution in [-0.4, -0.2) is 37.7 Å². The smallest absolute Gasteiger partial charge is 0.226 e. The average Bonchev–Trinajstić information content (AvgIpc) is 2.48. The van der Waals surface area contributed by atoms with E-state index in [4.69, 9.17) is 4.74 Å². The van der Waals surface area contributed by atoms with Crippen LogP contribution in [0.2, 0.25) is 0 Å². The lowest BCUT2D eigenvalue weighted by Gasteiger charge is -2.17. The molecule has 16 heavy (non-hydrogen) atoms. The minimum atomic E-state index is -0.00312. The summed E-state index contributed by atoms with van der Waals surface area (Å²) in [6.07, 6.45) is 0.212. The summed E-state index contributed by atoms with van der Waals surface area (Å²) >= 11 is 0. The fraction of sp³-hybridized carbons (Fsp3) is 0.917. The van der Waals surface area contributed by atoms with Crippen LogP contribution in [0.15, 0.2) is 0 Å². The summed E-state index contributed by atoms with van der Waals surface area (Å²) in [4.78, 5) is 12.0. The lowest BCUT2D eigenvalue weighted by atomic mass is 9.89. The van der Waals surface area contributed by atoms with E-state index < -0.39 is 0 Å². The Balaban J connectivity index is 2.35. The normalized spacial score (nSPS) is 34.0. The van der Waals surface area contributed by atoms with E-state index in [1.807, 2.05) is 13.8 Å². The molecule has 0 aromatic heterocycles. The molecule has 0 radical (unpaired) electrons. The van der Waals surface area contributed by atoms with Crippen LogP contribution < -0.4 is 10.6 Å². The van der Waals surface area contributed by atoms with Gasteiger partial charge >= 0.3 is 0 Å². The molecular weight excluding hydrogens is 204 g/mol. The minimum Gasteiger partial charge on any atom is -0.374 e. The Bertz CT molecular complexity index is 233. The molecular formula is C12H24N2O2. The zero-order chi connectivity index (χ0) is 12.1. The standard InChI is InChI=1S/C12H24N2O2/c1-5-13-6-7-14-12(15)11-8(2)9(3)16-10(11)4/h8-11,13H,5-7H2,1-4H3,(H,14,15). The average molecular weight is 228 g/mol. The number of carbonyl (C=O) groups is 1. The number of amides is 1. The Morgan fingerprint density at radius 3 is 2.38 bits per heavy atom. The molecule has 1 fully saturated rings. The Morgan fingerprint density at radius 1 is 1.19 bits per heavy atom. The summed E-state index contributed by atoms with van der Waals surface area (Å²) in [5.41, 5.74) is 0. The Kier molecular flexibility index (Phi) is 5.22. The predicted molar refractivity (Wildman–Crippen MR) is 64.2 cm³/mol. The molecule has 0 aromatic carbocycles. The van der Waals surface area contributed by atoms with Gasteiger partial charge in [-0.05, 0) is 26.3 Å². The van der Waals surface area contributed by atoms with Crippen molar-refractivity contribution in [3.63, 3.8) is 0 Å². The number of likely N-dealkylation sites (N-methyl/N-ethyl adjacent to an activating group) is 1. The van der Waals surface area contributed by atoms with Crippen LogP contribution in [0.3, 0.4) is 0 Å². The summed E-state index contributed by atoms with van der Waals surface area (Å²) in [5.74, 6) is 0.424. The molecule has 4 nitrogen and oxygen atoms in total. The molecule has 0 spiro atoms. The summed E-state index contributed by atoms with van der Waals surface area (Å²) in [6.45, 7) is 10.6. The maximum absolute atomic E-state index is 12.0. The Labute approximate surface area is 98.1 Å². The van der Waals surface area contributed by atoms with E-state index >= 15 is 0 Å². The van der Waals surface area contributed by atoms with Gasteiger partial charge < -0.3 is 15.4 Å². The first-order valence-electron chi connectivity index (χ1n) is 6.21. The van der Waals surface area contributed by atoms with E-state index in [1.165, 1.54) is 0 Å². The van der Waals surface area contributed by atoms with Gasteiger partial charge in [-0.2, -0.15) is 0 Å². The van der Waals surface area contributed by atoms with Crippen molar-refractivity contribution in [1.82, 2.24) is 10.6 Å². The first-order valence-corrected chi connectivity index (χ1v) is 6.21. The van der Waals surface area contributed by atoms with Crippen molar-refractivity contribution in [2.45, 2.75) is 39.9 Å². The highest BCUT2D eigenvalue weighted by Crippen LogP contribution is 2.31. The number of carbonyl (C=O) groups excluding carboxylic acids is 1. The van der Waals surface area contributed by atoms with Gasteiger partial charge in [0, 0.05) is 13.1 Å². The van der Waals surface area contributed by atoms with E-state index in [0.717, 1.165) is 13.1 Å². The molecule has 0 bridgehead atoms. The number of rotatable bonds is 5. The number of ether oxygens (including phenoxy) is 1. The number of nitrogens with one attached hydrogen (secondary N) is 2. The van der Waals surface area contributed by atoms with E-state index in [-0.39, 0.29) is 24.0 Å². The molecule has 0 aromatic rings. The van der Waals surface area contributed by atoms with Crippen molar-refractivity contribution in [3.8, 4) is 0 Å². The highest BCUT2D eigenvalue weighted by molar-refractivity contribution is 5.79. The largest absolute Gasteiger partial charge is 0.374 e. The maximum Gasteiger partial charge on any atom is 0.226 e. The van der Waals surface area contributed by atoms with E-state index in [1.54, 1.807) is 0 Å². The second kappa shape index (κ2) is 6.21. The van der Waals surface area contributed by atoms with Gasteiger partial charge in [0.05, 0.1) is 18.1 Å². The fourth-order valence-corrected chi connectivity index (χ4v) is 2.29. The van der Waals surface area contributed by atoms with E-state index in [9.17, 15) is 4.79 Å². The van der Waals surface area contributed by atoms with Gasteiger partial charge in [0.15, 0.2) is 0 Å². The third-order valence-electron chi connectivity index (χ3n) is 3.40. The molecule has 0 saturated carbocycles. The van der Waals surface area contributed by atoms with Crippen molar-refractivity contribution in [2.75, 3.05) is 19.6 Å². The van der Waals surface area contributed by atoms with Gasteiger partial charge in [-0.15, -0.1) is 0 Å². The topological polar surface area (TPSA) is 50.4 Å². The summed E-state index contributed by atoms with van der Waals surface area (Å²) in [5, 5.41) is 6.14. The van der Waals surface area contributed by atoms with Gasteiger partial charge in [-0.25, -0.2) is 0 Å². The van der Waals surface area contributed by atoms with E-state index in [0.29, 0.717) is 12.5 Å². The van der Waals surface area contributed by atoms with Crippen molar-refractivity contribution in [1.29, 1.82) is 0 Å². The third-order valence-corrected chi connectivity index (χ3v) is 3.40. The lowest BCUT2D eigenvalue weighted by molar-refractivity contribution is -0.127. The monoisotopic (exact) mass is 228 g/mol. The highest BCUT2D eigenvalue weighted by Gasteiger charge is 2.41. The molecule has 1 heterocycles. The molecule has 1 aliphatic heterocycles. The SMILES string of the molecule is CCNCCNC(=O)C1C(C)OC(C)C1C. The van der Waals surface area contributed by atoms with E-state index in [2.05, 4.69) is 24.5 Å². The van der Waals surface area contributed by atoms with Crippen LogP contribution in [0.1, 0.15) is 27.7 Å². The summed E-state index contributed by atoms with van der Waals surface area (Å²) in [6, 6.07) is 0. The van der Waals surface area contributed by atoms with Crippen molar-refractivity contribution in [3.05, 3.63) is 0 Å². The Morgan fingerprint density at radius 2 is 1.88 bits per heavy atom. The molecule has 1 aliphatic rings.